The van der Waals surface area contributed by atoms with E-state index in [-0.39, 0.29) is 24.8 Å². The van der Waals surface area contributed by atoms with Gasteiger partial charge in [-0.1, -0.05) is 0 Å². The normalized spacial score (nSPS) is 25.8. The number of aliphatic hydroxyl groups excluding tert-OH is 1. The average molecular weight is 440 g/mol. The standard InChI is InChI=1S/C20H24N8O4/c1-27-5-3-12(26-27)11-8-28(19-16(11)18(21)23-9-24-19)15-7-13(29)17(32-15)20(31)25-10-2-4-22-14(30)6-10/h3,5,8-10,13,15,17,29H,2,4,6-7H2,1H3,(H,22,30)(H,25,31)(H2,21,23,24)/t10?,13-,15+,17-/m0/s1. The van der Waals surface area contributed by atoms with Gasteiger partial charge in [-0.25, -0.2) is 9.97 Å². The molecule has 3 aromatic rings. The zero-order valence-electron chi connectivity index (χ0n) is 17.4. The topological polar surface area (TPSA) is 162 Å². The van der Waals surface area contributed by atoms with Crippen LogP contribution in [0.3, 0.4) is 0 Å². The van der Waals surface area contributed by atoms with Crippen molar-refractivity contribution in [3.05, 3.63) is 24.8 Å². The highest BCUT2D eigenvalue weighted by molar-refractivity contribution is 5.99. The summed E-state index contributed by atoms with van der Waals surface area (Å²) in [5.41, 5.74) is 8.10. The second-order valence-electron chi connectivity index (χ2n) is 8.14. The number of carbonyl (C=O) groups is 2. The minimum Gasteiger partial charge on any atom is -0.390 e. The number of aliphatic hydroxyl groups is 1. The van der Waals surface area contributed by atoms with Crippen LogP contribution in [0.15, 0.2) is 24.8 Å². The number of aryl methyl sites for hydroxylation is 1. The predicted molar refractivity (Wildman–Crippen MR) is 113 cm³/mol. The summed E-state index contributed by atoms with van der Waals surface area (Å²) >= 11 is 0. The molecule has 2 saturated heterocycles. The molecule has 4 atom stereocenters. The van der Waals surface area contributed by atoms with Gasteiger partial charge in [-0.15, -0.1) is 0 Å². The number of piperidine rings is 1. The van der Waals surface area contributed by atoms with E-state index in [0.717, 1.165) is 5.56 Å². The van der Waals surface area contributed by atoms with Gasteiger partial charge in [-0.2, -0.15) is 5.10 Å². The summed E-state index contributed by atoms with van der Waals surface area (Å²) in [7, 11) is 1.82. The average Bonchev–Trinajstić information content (AvgIpc) is 3.45. The van der Waals surface area contributed by atoms with Gasteiger partial charge in [0.1, 0.15) is 24.0 Å². The largest absolute Gasteiger partial charge is 0.390 e. The van der Waals surface area contributed by atoms with Crippen LogP contribution >= 0.6 is 0 Å². The van der Waals surface area contributed by atoms with Gasteiger partial charge in [0.2, 0.25) is 5.91 Å². The van der Waals surface area contributed by atoms with Crippen LogP contribution in [-0.4, -0.2) is 66.0 Å². The highest BCUT2D eigenvalue weighted by Gasteiger charge is 2.41. The highest BCUT2D eigenvalue weighted by atomic mass is 16.5. The first-order valence-corrected chi connectivity index (χ1v) is 10.4. The van der Waals surface area contributed by atoms with Crippen LogP contribution in [0.2, 0.25) is 0 Å². The van der Waals surface area contributed by atoms with Crippen LogP contribution in [0.5, 0.6) is 0 Å². The second-order valence-corrected chi connectivity index (χ2v) is 8.14. The second kappa shape index (κ2) is 7.88. The summed E-state index contributed by atoms with van der Waals surface area (Å²) in [5.74, 6) is -0.237. The molecule has 5 N–H and O–H groups in total. The molecule has 0 radical (unpaired) electrons. The highest BCUT2D eigenvalue weighted by Crippen LogP contribution is 2.37. The smallest absolute Gasteiger partial charge is 0.252 e. The zero-order valence-corrected chi connectivity index (χ0v) is 17.4. The van der Waals surface area contributed by atoms with E-state index < -0.39 is 24.3 Å². The first-order chi connectivity index (χ1) is 15.4. The third-order valence-corrected chi connectivity index (χ3v) is 5.89. The molecule has 1 unspecified atom stereocenters. The summed E-state index contributed by atoms with van der Waals surface area (Å²) in [6.07, 6.45) is 3.33. The Morgan fingerprint density at radius 1 is 1.41 bits per heavy atom. The Morgan fingerprint density at radius 2 is 2.25 bits per heavy atom. The van der Waals surface area contributed by atoms with Gasteiger partial charge in [0.25, 0.3) is 5.91 Å². The first-order valence-electron chi connectivity index (χ1n) is 10.4. The number of carbonyl (C=O) groups excluding carboxylic acids is 2. The maximum Gasteiger partial charge on any atom is 0.252 e. The maximum absolute atomic E-state index is 12.8. The molecule has 12 nitrogen and oxygen atoms in total. The Labute approximate surface area is 182 Å². The lowest BCUT2D eigenvalue weighted by molar-refractivity contribution is -0.138. The van der Waals surface area contributed by atoms with Crippen LogP contribution < -0.4 is 16.4 Å². The number of aromatic nitrogens is 5. The van der Waals surface area contributed by atoms with Crippen molar-refractivity contribution < 1.29 is 19.4 Å². The summed E-state index contributed by atoms with van der Waals surface area (Å²) in [6.45, 7) is 0.507. The third-order valence-electron chi connectivity index (χ3n) is 5.89. The maximum atomic E-state index is 12.8. The van der Waals surface area contributed by atoms with Gasteiger partial charge >= 0.3 is 0 Å². The van der Waals surface area contributed by atoms with Crippen LogP contribution in [0.4, 0.5) is 5.82 Å². The number of nitrogens with zero attached hydrogens (tertiary/aromatic N) is 5. The first kappa shape index (κ1) is 20.4. The Bertz CT molecular complexity index is 1190. The van der Waals surface area contributed by atoms with Crippen LogP contribution in [0, 0.1) is 0 Å². The summed E-state index contributed by atoms with van der Waals surface area (Å²) in [5, 5.41) is 21.2. The SMILES string of the molecule is Cn1ccc(-c2cn([C@H]3C[C@H](O)[C@@H](C(=O)NC4CCNC(=O)C4)O3)c3ncnc(N)c23)n1. The Hall–Kier alpha value is -3.51. The van der Waals surface area contributed by atoms with Crippen LogP contribution in [0.25, 0.3) is 22.3 Å². The number of rotatable bonds is 4. The summed E-state index contributed by atoms with van der Waals surface area (Å²) < 4.78 is 9.40. The Balaban J connectivity index is 1.42. The van der Waals surface area contributed by atoms with Crippen LogP contribution in [0.1, 0.15) is 25.5 Å². The molecular weight excluding hydrogens is 416 g/mol. The number of fused-ring (bicyclic) bond motifs is 1. The molecule has 0 bridgehead atoms. The molecule has 32 heavy (non-hydrogen) atoms. The van der Waals surface area contributed by atoms with Gasteiger partial charge in [-0.3, -0.25) is 14.3 Å². The van der Waals surface area contributed by atoms with E-state index in [2.05, 4.69) is 25.7 Å². The van der Waals surface area contributed by atoms with E-state index in [4.69, 9.17) is 10.5 Å². The monoisotopic (exact) mass is 440 g/mol. The van der Waals surface area contributed by atoms with Crippen molar-refractivity contribution in [3.63, 3.8) is 0 Å². The number of ether oxygens (including phenoxy) is 1. The van der Waals surface area contributed by atoms with Gasteiger partial charge in [0.05, 0.1) is 17.2 Å². The molecule has 3 aromatic heterocycles. The molecule has 5 heterocycles. The molecule has 0 aromatic carbocycles. The van der Waals surface area contributed by atoms with Crippen LogP contribution in [-0.2, 0) is 21.4 Å². The Morgan fingerprint density at radius 3 is 3.00 bits per heavy atom. The van der Waals surface area contributed by atoms with E-state index >= 15 is 0 Å². The molecular formula is C20H24N8O4. The molecule has 2 fully saturated rings. The van der Waals surface area contributed by atoms with E-state index in [1.54, 1.807) is 15.4 Å². The fourth-order valence-corrected chi connectivity index (χ4v) is 4.33. The molecule has 168 valence electrons. The van der Waals surface area contributed by atoms with Crippen molar-refractivity contribution in [2.45, 2.75) is 43.7 Å². The molecule has 0 saturated carbocycles. The van der Waals surface area contributed by atoms with Crippen molar-refractivity contribution in [1.82, 2.24) is 34.9 Å². The third kappa shape index (κ3) is 3.56. The molecule has 2 aliphatic heterocycles. The number of hydrogen-bond acceptors (Lipinski definition) is 8. The number of nitrogen functional groups attached to an aromatic ring is 1. The minimum absolute atomic E-state index is 0.106. The molecule has 0 spiro atoms. The summed E-state index contributed by atoms with van der Waals surface area (Å²) in [4.78, 5) is 32.8. The molecule has 0 aliphatic carbocycles. The number of nitrogens with two attached hydrogens (primary N) is 1. The number of anilines is 1. The lowest BCUT2D eigenvalue weighted by Gasteiger charge is -2.25. The minimum atomic E-state index is -1.06. The van der Waals surface area contributed by atoms with Gasteiger partial charge in [0.15, 0.2) is 6.10 Å². The quantitative estimate of drug-likeness (QED) is 0.420. The van der Waals surface area contributed by atoms with Gasteiger partial charge in [-0.05, 0) is 12.5 Å². The van der Waals surface area contributed by atoms with Crippen molar-refractivity contribution in [2.24, 2.45) is 7.05 Å². The fourth-order valence-electron chi connectivity index (χ4n) is 4.33. The van der Waals surface area contributed by atoms with Crippen molar-refractivity contribution >= 4 is 28.7 Å². The van der Waals surface area contributed by atoms with E-state index in [1.807, 2.05) is 19.3 Å². The number of amides is 2. The van der Waals surface area contributed by atoms with E-state index in [0.29, 0.717) is 35.5 Å². The van der Waals surface area contributed by atoms with Gasteiger partial charge < -0.3 is 30.8 Å². The van der Waals surface area contributed by atoms with Crippen molar-refractivity contribution in [2.75, 3.05) is 12.3 Å². The summed E-state index contributed by atoms with van der Waals surface area (Å²) in [6, 6.07) is 1.58. The van der Waals surface area contributed by atoms with E-state index in [1.165, 1.54) is 6.33 Å². The number of nitrogens with one attached hydrogen (secondary N) is 2. The Kier molecular flexibility index (Phi) is 5.02. The molecule has 5 rings (SSSR count). The lowest BCUT2D eigenvalue weighted by Crippen LogP contribution is -2.50. The predicted octanol–water partition coefficient (Wildman–Crippen LogP) is -0.543. The lowest BCUT2D eigenvalue weighted by atomic mass is 10.1. The van der Waals surface area contributed by atoms with Gasteiger partial charge in [0, 0.05) is 50.4 Å². The molecule has 2 amide bonds. The number of hydrogen-bond donors (Lipinski definition) is 4. The molecule has 12 heteroatoms. The van der Waals surface area contributed by atoms with E-state index in [9.17, 15) is 14.7 Å². The zero-order chi connectivity index (χ0) is 22.4. The van der Waals surface area contributed by atoms with Crippen molar-refractivity contribution in [3.8, 4) is 11.3 Å². The molecule has 2 aliphatic rings. The van der Waals surface area contributed by atoms with Crippen molar-refractivity contribution in [1.29, 1.82) is 0 Å². The fraction of sp³-hybridized carbons (Fsp3) is 0.450.